The first-order valence-corrected chi connectivity index (χ1v) is 9.15. The summed E-state index contributed by atoms with van der Waals surface area (Å²) in [6.45, 7) is 2.28. The van der Waals surface area contributed by atoms with Crippen LogP contribution in [0.4, 0.5) is 0 Å². The predicted octanol–water partition coefficient (Wildman–Crippen LogP) is 3.26. The second kappa shape index (κ2) is 6.78. The van der Waals surface area contributed by atoms with E-state index in [0.717, 1.165) is 47.3 Å². The van der Waals surface area contributed by atoms with Crippen molar-refractivity contribution in [1.82, 2.24) is 4.90 Å². The van der Waals surface area contributed by atoms with Gasteiger partial charge in [-0.3, -0.25) is 4.79 Å². The fourth-order valence-corrected chi connectivity index (χ4v) is 3.90. The number of hydrogen-bond donors (Lipinski definition) is 1. The summed E-state index contributed by atoms with van der Waals surface area (Å²) < 4.78 is 17.3. The molecule has 2 aliphatic rings. The third-order valence-electron chi connectivity index (χ3n) is 5.50. The Labute approximate surface area is 158 Å². The Kier molecular flexibility index (Phi) is 4.44. The topological polar surface area (TPSA) is 77.9 Å². The fourth-order valence-electron chi connectivity index (χ4n) is 3.90. The molecule has 6 nitrogen and oxygen atoms in total. The zero-order chi connectivity index (χ0) is 19.0. The number of carbonyl (C=O) groups excluding carboxylic acids is 1. The summed E-state index contributed by atoms with van der Waals surface area (Å²) in [5.74, 6) is 1.33. The maximum absolute atomic E-state index is 12.1. The van der Waals surface area contributed by atoms with Gasteiger partial charge in [0.05, 0.1) is 0 Å². The van der Waals surface area contributed by atoms with Crippen LogP contribution in [0.15, 0.2) is 52.6 Å². The molecule has 1 amide bonds. The molecule has 2 aromatic rings. The number of hydrogen-bond acceptors (Lipinski definition) is 5. The third kappa shape index (κ3) is 3.00. The summed E-state index contributed by atoms with van der Waals surface area (Å²) in [5.41, 5.74) is 6.84. The van der Waals surface area contributed by atoms with Crippen LogP contribution < -0.4 is 10.5 Å². The van der Waals surface area contributed by atoms with Gasteiger partial charge in [0.15, 0.2) is 6.23 Å². The highest BCUT2D eigenvalue weighted by molar-refractivity contribution is 5.86. The molecule has 0 bridgehead atoms. The van der Waals surface area contributed by atoms with Crippen molar-refractivity contribution in [3.8, 4) is 5.75 Å². The minimum absolute atomic E-state index is 0.302. The van der Waals surface area contributed by atoms with Crippen molar-refractivity contribution in [3.63, 3.8) is 0 Å². The number of ether oxygens (including phenoxy) is 2. The second-order valence-corrected chi connectivity index (χ2v) is 7.17. The zero-order valence-electron chi connectivity index (χ0n) is 15.6. The molecular formula is C21H24N2O4. The first-order chi connectivity index (χ1) is 13.0. The van der Waals surface area contributed by atoms with Crippen LogP contribution in [-0.2, 0) is 9.53 Å². The van der Waals surface area contributed by atoms with E-state index in [1.165, 1.54) is 0 Å². The number of benzene rings is 1. The number of nitrogens with two attached hydrogens (primary N) is 1. The average molecular weight is 368 g/mol. The van der Waals surface area contributed by atoms with Crippen LogP contribution in [0.1, 0.15) is 25.0 Å². The number of nitrogens with zero attached hydrogens (tertiary/aromatic N) is 1. The van der Waals surface area contributed by atoms with Gasteiger partial charge in [0.1, 0.15) is 29.2 Å². The Morgan fingerprint density at radius 3 is 2.85 bits per heavy atom. The molecular weight excluding hydrogens is 344 g/mol. The van der Waals surface area contributed by atoms with E-state index >= 15 is 0 Å². The minimum atomic E-state index is -0.663. The number of furan rings is 1. The van der Waals surface area contributed by atoms with E-state index in [4.69, 9.17) is 19.6 Å². The molecule has 0 spiro atoms. The molecule has 1 fully saturated rings. The number of allylic oxidation sites excluding steroid dienone is 2. The predicted molar refractivity (Wildman–Crippen MR) is 102 cm³/mol. The lowest BCUT2D eigenvalue weighted by molar-refractivity contribution is -0.143. The van der Waals surface area contributed by atoms with E-state index in [1.54, 1.807) is 7.11 Å². The quantitative estimate of drug-likeness (QED) is 0.847. The molecule has 1 saturated carbocycles. The van der Waals surface area contributed by atoms with E-state index in [-0.39, 0.29) is 12.1 Å². The maximum atomic E-state index is 12.1. The van der Waals surface area contributed by atoms with Gasteiger partial charge in [0.2, 0.25) is 5.91 Å². The molecule has 0 radical (unpaired) electrons. The van der Waals surface area contributed by atoms with Crippen molar-refractivity contribution in [2.24, 2.45) is 5.73 Å². The van der Waals surface area contributed by atoms with E-state index in [0.29, 0.717) is 6.61 Å². The molecule has 142 valence electrons. The SMILES string of the molecule is COC1C(COc2ccc3oc(C)cc3c2)=CC=CN1C1(C(N)=O)CCC1. The monoisotopic (exact) mass is 368 g/mol. The molecule has 1 unspecified atom stereocenters. The molecule has 27 heavy (non-hydrogen) atoms. The Morgan fingerprint density at radius 2 is 2.19 bits per heavy atom. The molecule has 2 N–H and O–H groups in total. The Hall–Kier alpha value is -2.73. The highest BCUT2D eigenvalue weighted by atomic mass is 16.5. The summed E-state index contributed by atoms with van der Waals surface area (Å²) in [4.78, 5) is 14.1. The molecule has 1 aliphatic heterocycles. The van der Waals surface area contributed by atoms with Gasteiger partial charge in [-0.2, -0.15) is 0 Å². The Bertz CT molecular complexity index is 923. The van der Waals surface area contributed by atoms with Crippen LogP contribution in [0.25, 0.3) is 11.0 Å². The number of methoxy groups -OCH3 is 1. The van der Waals surface area contributed by atoms with E-state index in [2.05, 4.69) is 0 Å². The number of amides is 1. The van der Waals surface area contributed by atoms with Crippen LogP contribution in [-0.4, -0.2) is 36.3 Å². The molecule has 0 saturated heterocycles. The van der Waals surface area contributed by atoms with Gasteiger partial charge in [0.25, 0.3) is 0 Å². The summed E-state index contributed by atoms with van der Waals surface area (Å²) in [7, 11) is 1.64. The van der Waals surface area contributed by atoms with E-state index in [9.17, 15) is 4.79 Å². The van der Waals surface area contributed by atoms with Crippen LogP contribution in [0, 0.1) is 6.92 Å². The molecule has 4 rings (SSSR count). The Morgan fingerprint density at radius 1 is 1.37 bits per heavy atom. The average Bonchev–Trinajstić information content (AvgIpc) is 2.98. The van der Waals surface area contributed by atoms with Gasteiger partial charge in [0, 0.05) is 24.3 Å². The van der Waals surface area contributed by atoms with Crippen LogP contribution >= 0.6 is 0 Å². The summed E-state index contributed by atoms with van der Waals surface area (Å²) >= 11 is 0. The third-order valence-corrected chi connectivity index (χ3v) is 5.50. The molecule has 1 aromatic carbocycles. The summed E-state index contributed by atoms with van der Waals surface area (Å²) in [6, 6.07) is 7.74. The van der Waals surface area contributed by atoms with Crippen LogP contribution in [0.5, 0.6) is 5.75 Å². The number of carbonyl (C=O) groups is 1. The van der Waals surface area contributed by atoms with Crippen molar-refractivity contribution < 1.29 is 18.7 Å². The van der Waals surface area contributed by atoms with Gasteiger partial charge < -0.3 is 24.5 Å². The van der Waals surface area contributed by atoms with Crippen molar-refractivity contribution in [2.75, 3.05) is 13.7 Å². The van der Waals surface area contributed by atoms with Gasteiger partial charge in [-0.25, -0.2) is 0 Å². The van der Waals surface area contributed by atoms with E-state index < -0.39 is 5.54 Å². The largest absolute Gasteiger partial charge is 0.489 e. The van der Waals surface area contributed by atoms with Crippen molar-refractivity contribution in [2.45, 2.75) is 38.0 Å². The zero-order valence-corrected chi connectivity index (χ0v) is 15.6. The van der Waals surface area contributed by atoms with E-state index in [1.807, 2.05) is 54.4 Å². The number of fused-ring (bicyclic) bond motifs is 1. The fraction of sp³-hybridized carbons (Fsp3) is 0.381. The second-order valence-electron chi connectivity index (χ2n) is 7.17. The summed E-state index contributed by atoms with van der Waals surface area (Å²) in [6.07, 6.45) is 7.89. The van der Waals surface area contributed by atoms with Crippen LogP contribution in [0.2, 0.25) is 0 Å². The first-order valence-electron chi connectivity index (χ1n) is 9.15. The first kappa shape index (κ1) is 17.7. The van der Waals surface area contributed by atoms with Gasteiger partial charge in [-0.05, 0) is 56.5 Å². The maximum Gasteiger partial charge on any atom is 0.243 e. The molecule has 1 aromatic heterocycles. The highest BCUT2D eigenvalue weighted by Gasteiger charge is 2.50. The molecule has 2 heterocycles. The number of aryl methyl sites for hydroxylation is 1. The highest BCUT2D eigenvalue weighted by Crippen LogP contribution is 2.41. The smallest absolute Gasteiger partial charge is 0.243 e. The summed E-state index contributed by atoms with van der Waals surface area (Å²) in [5, 5.41) is 1.01. The lowest BCUT2D eigenvalue weighted by Gasteiger charge is -2.51. The molecule has 1 aliphatic carbocycles. The van der Waals surface area contributed by atoms with Crippen molar-refractivity contribution >= 4 is 16.9 Å². The Balaban J connectivity index is 1.51. The lowest BCUT2D eigenvalue weighted by Crippen LogP contribution is -2.63. The number of primary amides is 1. The van der Waals surface area contributed by atoms with Gasteiger partial charge in [-0.15, -0.1) is 0 Å². The van der Waals surface area contributed by atoms with Gasteiger partial charge in [-0.1, -0.05) is 6.08 Å². The standard InChI is InChI=1S/C21H24N2O4/c1-14-11-16-12-17(6-7-18(16)27-14)26-13-15-5-3-10-23(19(15)25-2)21(20(22)24)8-4-9-21/h3,5-7,10-12,19H,4,8-9,13H2,1-2H3,(H2,22,24). The van der Waals surface area contributed by atoms with Gasteiger partial charge >= 0.3 is 0 Å². The van der Waals surface area contributed by atoms with Crippen molar-refractivity contribution in [3.05, 3.63) is 54.0 Å². The minimum Gasteiger partial charge on any atom is -0.489 e. The van der Waals surface area contributed by atoms with Crippen molar-refractivity contribution in [1.29, 1.82) is 0 Å². The molecule has 6 heteroatoms. The number of rotatable bonds is 6. The molecule has 1 atom stereocenters. The van der Waals surface area contributed by atoms with Crippen LogP contribution in [0.3, 0.4) is 0 Å². The lowest BCUT2D eigenvalue weighted by atomic mass is 9.74. The normalized spacial score (nSPS) is 21.0.